The third kappa shape index (κ3) is 5.49. The van der Waals surface area contributed by atoms with Crippen molar-refractivity contribution in [2.75, 3.05) is 62.1 Å². The average molecular weight is 526 g/mol. The first-order chi connectivity index (χ1) is 18.1. The van der Waals surface area contributed by atoms with E-state index in [1.54, 1.807) is 30.0 Å². The van der Waals surface area contributed by atoms with E-state index in [1.807, 2.05) is 28.9 Å². The van der Waals surface area contributed by atoms with E-state index in [9.17, 15) is 9.59 Å². The molecule has 2 aliphatic rings. The Kier molecular flexibility index (Phi) is 7.75. The van der Waals surface area contributed by atoms with Crippen LogP contribution in [0.15, 0.2) is 35.6 Å². The van der Waals surface area contributed by atoms with E-state index in [4.69, 9.17) is 19.4 Å². The summed E-state index contributed by atoms with van der Waals surface area (Å²) in [6, 6.07) is 7.28. The molecule has 37 heavy (non-hydrogen) atoms. The van der Waals surface area contributed by atoms with Gasteiger partial charge in [-0.3, -0.25) is 9.59 Å². The molecule has 2 aromatic heterocycles. The molecule has 0 spiro atoms. The number of carbonyl (C=O) groups excluding carboxylic acids is 2. The maximum absolute atomic E-state index is 12.9. The van der Waals surface area contributed by atoms with E-state index in [-0.39, 0.29) is 18.2 Å². The molecule has 2 saturated heterocycles. The number of anilines is 2. The molecule has 0 bridgehead atoms. The maximum atomic E-state index is 12.9. The van der Waals surface area contributed by atoms with Crippen LogP contribution in [-0.2, 0) is 20.9 Å². The van der Waals surface area contributed by atoms with Gasteiger partial charge in [0.1, 0.15) is 11.6 Å². The minimum Gasteiger partial charge on any atom is -0.497 e. The van der Waals surface area contributed by atoms with Crippen LogP contribution in [0.4, 0.5) is 11.5 Å². The second kappa shape index (κ2) is 11.3. The van der Waals surface area contributed by atoms with E-state index >= 15 is 0 Å². The molecule has 2 fully saturated rings. The molecule has 0 saturated carbocycles. The zero-order valence-corrected chi connectivity index (χ0v) is 21.9. The molecule has 1 aromatic carbocycles. The highest BCUT2D eigenvalue weighted by molar-refractivity contribution is 7.99. The number of nitrogens with one attached hydrogen (secondary N) is 1. The van der Waals surface area contributed by atoms with E-state index in [2.05, 4.69) is 22.2 Å². The van der Waals surface area contributed by atoms with E-state index < -0.39 is 5.92 Å². The second-order valence-electron chi connectivity index (χ2n) is 8.86. The summed E-state index contributed by atoms with van der Waals surface area (Å²) in [7, 11) is 1.60. The quantitative estimate of drug-likeness (QED) is 0.331. The number of aromatic nitrogens is 4. The van der Waals surface area contributed by atoms with Gasteiger partial charge in [0.05, 0.1) is 44.4 Å². The Hall–Kier alpha value is -3.38. The monoisotopic (exact) mass is 525 g/mol. The second-order valence-corrected chi connectivity index (χ2v) is 10.1. The predicted molar refractivity (Wildman–Crippen MR) is 141 cm³/mol. The number of rotatable bonds is 9. The van der Waals surface area contributed by atoms with Crippen molar-refractivity contribution in [1.29, 1.82) is 0 Å². The SMILES string of the molecule is CCSc1nc(N2CCOCC2)c2cnn(CCNC(=O)C3CC(=O)N(c4ccc(OC)cc4)C3)c2n1. The summed E-state index contributed by atoms with van der Waals surface area (Å²) in [6.45, 7) is 6.17. The molecule has 0 radical (unpaired) electrons. The van der Waals surface area contributed by atoms with Crippen molar-refractivity contribution in [2.24, 2.45) is 5.92 Å². The molecule has 4 heterocycles. The van der Waals surface area contributed by atoms with E-state index in [0.29, 0.717) is 38.0 Å². The van der Waals surface area contributed by atoms with Crippen LogP contribution in [0.2, 0.25) is 0 Å². The van der Waals surface area contributed by atoms with Crippen molar-refractivity contribution in [2.45, 2.75) is 25.0 Å². The van der Waals surface area contributed by atoms with Crippen LogP contribution < -0.4 is 19.9 Å². The Balaban J connectivity index is 1.23. The highest BCUT2D eigenvalue weighted by Gasteiger charge is 2.35. The molecule has 12 heteroatoms. The van der Waals surface area contributed by atoms with Crippen LogP contribution in [0.1, 0.15) is 13.3 Å². The number of hydrogen-bond acceptors (Lipinski definition) is 9. The Labute approximate surface area is 219 Å². The van der Waals surface area contributed by atoms with Crippen LogP contribution in [0.25, 0.3) is 11.0 Å². The first kappa shape index (κ1) is 25.3. The molecule has 1 atom stereocenters. The highest BCUT2D eigenvalue weighted by Crippen LogP contribution is 2.29. The van der Waals surface area contributed by atoms with Gasteiger partial charge in [0.15, 0.2) is 10.8 Å². The van der Waals surface area contributed by atoms with Crippen LogP contribution in [0.3, 0.4) is 0 Å². The first-order valence-electron chi connectivity index (χ1n) is 12.5. The number of thioether (sulfide) groups is 1. The van der Waals surface area contributed by atoms with Gasteiger partial charge in [-0.2, -0.15) is 5.10 Å². The van der Waals surface area contributed by atoms with Crippen molar-refractivity contribution in [3.8, 4) is 5.75 Å². The zero-order valence-electron chi connectivity index (χ0n) is 21.1. The smallest absolute Gasteiger partial charge is 0.227 e. The fourth-order valence-electron chi connectivity index (χ4n) is 4.62. The summed E-state index contributed by atoms with van der Waals surface area (Å²) in [5.41, 5.74) is 1.52. The summed E-state index contributed by atoms with van der Waals surface area (Å²) in [4.78, 5) is 38.8. The molecule has 3 aromatic rings. The number of fused-ring (bicyclic) bond motifs is 1. The lowest BCUT2D eigenvalue weighted by atomic mass is 10.1. The van der Waals surface area contributed by atoms with Gasteiger partial charge in [-0.1, -0.05) is 18.7 Å². The number of amides is 2. The molecule has 5 rings (SSSR count). The number of nitrogens with zero attached hydrogens (tertiary/aromatic N) is 6. The maximum Gasteiger partial charge on any atom is 0.227 e. The lowest BCUT2D eigenvalue weighted by Crippen LogP contribution is -2.37. The molecular formula is C25H31N7O4S. The van der Waals surface area contributed by atoms with Gasteiger partial charge in [0, 0.05) is 38.3 Å². The predicted octanol–water partition coefficient (Wildman–Crippen LogP) is 1.95. The average Bonchev–Trinajstić information content (AvgIpc) is 3.52. The fourth-order valence-corrected chi connectivity index (χ4v) is 5.18. The molecule has 2 amide bonds. The third-order valence-electron chi connectivity index (χ3n) is 6.54. The van der Waals surface area contributed by atoms with Gasteiger partial charge < -0.3 is 24.6 Å². The van der Waals surface area contributed by atoms with E-state index in [0.717, 1.165) is 47.1 Å². The lowest BCUT2D eigenvalue weighted by Gasteiger charge is -2.28. The van der Waals surface area contributed by atoms with Crippen LogP contribution >= 0.6 is 11.8 Å². The van der Waals surface area contributed by atoms with Gasteiger partial charge >= 0.3 is 0 Å². The van der Waals surface area contributed by atoms with Crippen molar-refractivity contribution in [3.63, 3.8) is 0 Å². The van der Waals surface area contributed by atoms with Crippen molar-refractivity contribution in [3.05, 3.63) is 30.5 Å². The zero-order chi connectivity index (χ0) is 25.8. The largest absolute Gasteiger partial charge is 0.497 e. The third-order valence-corrected chi connectivity index (χ3v) is 7.27. The van der Waals surface area contributed by atoms with Gasteiger partial charge in [-0.25, -0.2) is 14.6 Å². The molecule has 1 N–H and O–H groups in total. The Morgan fingerprint density at radius 3 is 2.73 bits per heavy atom. The molecule has 1 unspecified atom stereocenters. The summed E-state index contributed by atoms with van der Waals surface area (Å²) in [5.74, 6) is 1.88. The van der Waals surface area contributed by atoms with Crippen molar-refractivity contribution >= 4 is 46.1 Å². The lowest BCUT2D eigenvalue weighted by molar-refractivity contribution is -0.126. The number of carbonyl (C=O) groups is 2. The molecule has 196 valence electrons. The highest BCUT2D eigenvalue weighted by atomic mass is 32.2. The topological polar surface area (TPSA) is 115 Å². The van der Waals surface area contributed by atoms with Gasteiger partial charge in [-0.15, -0.1) is 0 Å². The Bertz CT molecular complexity index is 1260. The van der Waals surface area contributed by atoms with Crippen LogP contribution in [-0.4, -0.2) is 83.8 Å². The summed E-state index contributed by atoms with van der Waals surface area (Å²) in [5, 5.41) is 9.14. The minimum absolute atomic E-state index is 0.0586. The first-order valence-corrected chi connectivity index (χ1v) is 13.5. The fraction of sp³-hybridized carbons (Fsp3) is 0.480. The summed E-state index contributed by atoms with van der Waals surface area (Å²) >= 11 is 1.59. The Morgan fingerprint density at radius 2 is 2.00 bits per heavy atom. The van der Waals surface area contributed by atoms with Crippen molar-refractivity contribution in [1.82, 2.24) is 25.1 Å². The van der Waals surface area contributed by atoms with Crippen LogP contribution in [0.5, 0.6) is 5.75 Å². The van der Waals surface area contributed by atoms with Crippen LogP contribution in [0, 0.1) is 5.92 Å². The number of hydrogen-bond donors (Lipinski definition) is 1. The Morgan fingerprint density at radius 1 is 1.22 bits per heavy atom. The molecule has 11 nitrogen and oxygen atoms in total. The number of methoxy groups -OCH3 is 1. The minimum atomic E-state index is -0.397. The molecular weight excluding hydrogens is 494 g/mol. The van der Waals surface area contributed by atoms with Gasteiger partial charge in [-0.05, 0) is 30.0 Å². The number of morpholine rings is 1. The number of benzene rings is 1. The number of ether oxygens (including phenoxy) is 2. The summed E-state index contributed by atoms with van der Waals surface area (Å²) < 4.78 is 12.5. The van der Waals surface area contributed by atoms with E-state index in [1.165, 1.54) is 0 Å². The van der Waals surface area contributed by atoms with Gasteiger partial charge in [0.2, 0.25) is 11.8 Å². The summed E-state index contributed by atoms with van der Waals surface area (Å²) in [6.07, 6.45) is 1.99. The molecule has 2 aliphatic heterocycles. The van der Waals surface area contributed by atoms with Gasteiger partial charge in [0.25, 0.3) is 0 Å². The van der Waals surface area contributed by atoms with Crippen molar-refractivity contribution < 1.29 is 19.1 Å². The molecule has 0 aliphatic carbocycles. The normalized spacial score (nSPS) is 18.0. The standard InChI is InChI=1S/C25H31N7O4S/c1-3-37-25-28-22(30-10-12-36-13-11-30)20-15-27-32(23(20)29-25)9-8-26-24(34)17-14-21(33)31(16-17)18-4-6-19(35-2)7-5-18/h4-7,15,17H,3,8-14,16H2,1-2H3,(H,26,34).